The first kappa shape index (κ1) is 20.7. The van der Waals surface area contributed by atoms with Crippen molar-refractivity contribution < 1.29 is 23.2 Å². The molecule has 150 valence electrons. The number of carbonyl (C=O) groups is 2. The predicted octanol–water partition coefficient (Wildman–Crippen LogP) is 5.43. The van der Waals surface area contributed by atoms with Crippen molar-refractivity contribution in [3.8, 4) is 11.3 Å². The van der Waals surface area contributed by atoms with Crippen LogP contribution in [0.3, 0.4) is 0 Å². The summed E-state index contributed by atoms with van der Waals surface area (Å²) >= 11 is 6.06. The molecule has 1 aromatic heterocycles. The average molecular weight is 416 g/mol. The topological polar surface area (TPSA) is 69.4 Å². The number of carbonyl (C=O) groups excluding carboxylic acids is 2. The number of halogens is 2. The molecule has 0 aliphatic heterocycles. The lowest BCUT2D eigenvalue weighted by Crippen LogP contribution is -2.15. The summed E-state index contributed by atoms with van der Waals surface area (Å²) < 4.78 is 24.4. The molecule has 5 nitrogen and oxygen atoms in total. The normalized spacial score (nSPS) is 10.8. The molecular formula is C22H19ClFNO4. The number of ether oxygens (including phenoxy) is 1. The van der Waals surface area contributed by atoms with Crippen molar-refractivity contribution in [2.24, 2.45) is 0 Å². The number of Topliss-reactive ketones (excluding diaryl/α,β-unsaturated/α-hetero) is 1. The van der Waals surface area contributed by atoms with Gasteiger partial charge in [-0.15, -0.1) is 0 Å². The van der Waals surface area contributed by atoms with Crippen molar-refractivity contribution in [2.75, 3.05) is 6.61 Å². The van der Waals surface area contributed by atoms with E-state index in [1.807, 2.05) is 12.1 Å². The molecule has 3 rings (SSSR count). The Morgan fingerprint density at radius 3 is 2.55 bits per heavy atom. The molecule has 0 saturated carbocycles. The zero-order valence-electron chi connectivity index (χ0n) is 16.0. The van der Waals surface area contributed by atoms with E-state index >= 15 is 0 Å². The SMILES string of the molecule is CCCc1ccc(C(=O)COC(=O)c2c(-c3c(F)cccc3Cl)noc2C)cc1. The van der Waals surface area contributed by atoms with Crippen LogP contribution >= 0.6 is 11.6 Å². The Balaban J connectivity index is 1.76. The van der Waals surface area contributed by atoms with Crippen LogP contribution in [0.25, 0.3) is 11.3 Å². The molecule has 0 saturated heterocycles. The fraction of sp³-hybridized carbons (Fsp3) is 0.227. The van der Waals surface area contributed by atoms with Gasteiger partial charge in [0.05, 0.1) is 10.6 Å². The Hall–Kier alpha value is -2.99. The molecule has 2 aromatic carbocycles. The second-order valence-electron chi connectivity index (χ2n) is 6.51. The van der Waals surface area contributed by atoms with Gasteiger partial charge >= 0.3 is 5.97 Å². The van der Waals surface area contributed by atoms with Gasteiger partial charge in [0, 0.05) is 5.56 Å². The number of aryl methyl sites for hydroxylation is 2. The molecule has 0 aliphatic rings. The number of ketones is 1. The minimum absolute atomic E-state index is 0.0594. The summed E-state index contributed by atoms with van der Waals surface area (Å²) in [4.78, 5) is 24.9. The number of hydrogen-bond acceptors (Lipinski definition) is 5. The molecule has 0 N–H and O–H groups in total. The third-order valence-corrected chi connectivity index (χ3v) is 4.73. The molecule has 3 aromatic rings. The van der Waals surface area contributed by atoms with Gasteiger partial charge in [0.2, 0.25) is 0 Å². The van der Waals surface area contributed by atoms with Gasteiger partial charge in [0.25, 0.3) is 0 Å². The second kappa shape index (κ2) is 9.01. The summed E-state index contributed by atoms with van der Waals surface area (Å²) in [5, 5.41) is 3.84. The monoisotopic (exact) mass is 415 g/mol. The number of hydrogen-bond donors (Lipinski definition) is 0. The van der Waals surface area contributed by atoms with Crippen LogP contribution in [0.1, 0.15) is 45.4 Å². The number of nitrogens with zero attached hydrogens (tertiary/aromatic N) is 1. The summed E-state index contributed by atoms with van der Waals surface area (Å²) in [6.45, 7) is 3.12. The van der Waals surface area contributed by atoms with Crippen molar-refractivity contribution in [1.29, 1.82) is 0 Å². The standard InChI is InChI=1S/C22H19ClFNO4/c1-3-5-14-8-10-15(11-9-14)18(26)12-28-22(27)19-13(2)29-25-21(19)20-16(23)6-4-7-17(20)24/h4,6-11H,3,5,12H2,1-2H3. The lowest BCUT2D eigenvalue weighted by Gasteiger charge is -2.07. The maximum absolute atomic E-state index is 14.2. The molecule has 0 radical (unpaired) electrons. The van der Waals surface area contributed by atoms with E-state index in [2.05, 4.69) is 12.1 Å². The summed E-state index contributed by atoms with van der Waals surface area (Å²) in [7, 11) is 0. The van der Waals surface area contributed by atoms with Crippen molar-refractivity contribution >= 4 is 23.4 Å². The maximum Gasteiger partial charge on any atom is 0.344 e. The van der Waals surface area contributed by atoms with Gasteiger partial charge in [-0.3, -0.25) is 4.79 Å². The smallest absolute Gasteiger partial charge is 0.344 e. The van der Waals surface area contributed by atoms with Crippen LogP contribution in [0.5, 0.6) is 0 Å². The van der Waals surface area contributed by atoms with Crippen LogP contribution in [0.2, 0.25) is 5.02 Å². The van der Waals surface area contributed by atoms with Crippen LogP contribution in [-0.4, -0.2) is 23.5 Å². The van der Waals surface area contributed by atoms with Gasteiger partial charge in [-0.2, -0.15) is 0 Å². The third-order valence-electron chi connectivity index (χ3n) is 4.42. The molecule has 0 atom stereocenters. The van der Waals surface area contributed by atoms with Crippen LogP contribution in [0, 0.1) is 12.7 Å². The molecule has 0 amide bonds. The predicted molar refractivity (Wildman–Crippen MR) is 107 cm³/mol. The Bertz CT molecular complexity index is 1020. The zero-order valence-corrected chi connectivity index (χ0v) is 16.8. The largest absolute Gasteiger partial charge is 0.454 e. The number of esters is 1. The van der Waals surface area contributed by atoms with Crippen LogP contribution in [-0.2, 0) is 11.2 Å². The van der Waals surface area contributed by atoms with Gasteiger partial charge < -0.3 is 9.26 Å². The summed E-state index contributed by atoms with van der Waals surface area (Å²) in [5.74, 6) is -1.70. The fourth-order valence-corrected chi connectivity index (χ4v) is 3.19. The van der Waals surface area contributed by atoms with E-state index in [-0.39, 0.29) is 33.4 Å². The minimum Gasteiger partial charge on any atom is -0.454 e. The molecule has 29 heavy (non-hydrogen) atoms. The van der Waals surface area contributed by atoms with E-state index in [4.69, 9.17) is 20.9 Å². The highest BCUT2D eigenvalue weighted by Gasteiger charge is 2.27. The van der Waals surface area contributed by atoms with Gasteiger partial charge in [-0.05, 0) is 31.0 Å². The highest BCUT2D eigenvalue weighted by molar-refractivity contribution is 6.33. The van der Waals surface area contributed by atoms with Crippen LogP contribution in [0.15, 0.2) is 47.0 Å². The molecule has 0 bridgehead atoms. The molecular weight excluding hydrogens is 397 g/mol. The third kappa shape index (κ3) is 4.54. The highest BCUT2D eigenvalue weighted by atomic mass is 35.5. The Morgan fingerprint density at radius 1 is 1.17 bits per heavy atom. The molecule has 0 unspecified atom stereocenters. The molecule has 7 heteroatoms. The Labute approximate surface area is 172 Å². The number of benzene rings is 2. The van der Waals surface area contributed by atoms with Crippen molar-refractivity contribution in [1.82, 2.24) is 5.16 Å². The minimum atomic E-state index is -0.839. The van der Waals surface area contributed by atoms with E-state index in [1.165, 1.54) is 25.1 Å². The zero-order chi connectivity index (χ0) is 21.0. The van der Waals surface area contributed by atoms with Crippen LogP contribution < -0.4 is 0 Å². The fourth-order valence-electron chi connectivity index (χ4n) is 2.94. The van der Waals surface area contributed by atoms with E-state index in [1.54, 1.807) is 12.1 Å². The van der Waals surface area contributed by atoms with Crippen molar-refractivity contribution in [3.63, 3.8) is 0 Å². The number of rotatable bonds is 7. The van der Waals surface area contributed by atoms with E-state index in [9.17, 15) is 14.0 Å². The second-order valence-corrected chi connectivity index (χ2v) is 6.91. The maximum atomic E-state index is 14.2. The Morgan fingerprint density at radius 2 is 1.90 bits per heavy atom. The van der Waals surface area contributed by atoms with Gasteiger partial charge in [-0.25, -0.2) is 9.18 Å². The quantitative estimate of drug-likeness (QED) is 0.380. The average Bonchev–Trinajstić information content (AvgIpc) is 3.08. The summed E-state index contributed by atoms with van der Waals surface area (Å²) in [6, 6.07) is 11.3. The lowest BCUT2D eigenvalue weighted by molar-refractivity contribution is 0.0473. The van der Waals surface area contributed by atoms with E-state index in [0.29, 0.717) is 5.56 Å². The van der Waals surface area contributed by atoms with E-state index < -0.39 is 18.4 Å². The molecule has 1 heterocycles. The van der Waals surface area contributed by atoms with Gasteiger partial charge in [-0.1, -0.05) is 60.4 Å². The van der Waals surface area contributed by atoms with Gasteiger partial charge in [0.1, 0.15) is 22.8 Å². The van der Waals surface area contributed by atoms with Crippen molar-refractivity contribution in [2.45, 2.75) is 26.7 Å². The van der Waals surface area contributed by atoms with Crippen molar-refractivity contribution in [3.05, 3.63) is 75.8 Å². The first-order valence-electron chi connectivity index (χ1n) is 9.12. The lowest BCUT2D eigenvalue weighted by atomic mass is 10.1. The van der Waals surface area contributed by atoms with Crippen LogP contribution in [0.4, 0.5) is 4.39 Å². The Kier molecular flexibility index (Phi) is 6.44. The molecule has 0 aliphatic carbocycles. The highest BCUT2D eigenvalue weighted by Crippen LogP contribution is 2.33. The first-order chi connectivity index (χ1) is 13.9. The van der Waals surface area contributed by atoms with Gasteiger partial charge in [0.15, 0.2) is 12.4 Å². The molecule has 0 fully saturated rings. The first-order valence-corrected chi connectivity index (χ1v) is 9.50. The summed E-state index contributed by atoms with van der Waals surface area (Å²) in [6.07, 6.45) is 1.94. The van der Waals surface area contributed by atoms with E-state index in [0.717, 1.165) is 18.4 Å². The molecule has 0 spiro atoms. The summed E-state index contributed by atoms with van der Waals surface area (Å²) in [5.41, 5.74) is 1.38. The number of aromatic nitrogens is 1.